The minimum atomic E-state index is -0.185. The number of carbonyl (C=O) groups is 1. The molecule has 3 aromatic rings. The van der Waals surface area contributed by atoms with Gasteiger partial charge in [0, 0.05) is 31.4 Å². The van der Waals surface area contributed by atoms with E-state index in [0.29, 0.717) is 25.8 Å². The Morgan fingerprint density at radius 1 is 1.21 bits per heavy atom. The number of amides is 1. The molecule has 0 fully saturated rings. The van der Waals surface area contributed by atoms with Crippen LogP contribution in [0.2, 0.25) is 0 Å². The van der Waals surface area contributed by atoms with Crippen molar-refractivity contribution in [2.45, 2.75) is 38.8 Å². The van der Waals surface area contributed by atoms with Crippen LogP contribution in [0.25, 0.3) is 11.0 Å². The molecular formula is C20H21N7O. The van der Waals surface area contributed by atoms with Gasteiger partial charge in [-0.1, -0.05) is 12.2 Å². The minimum absolute atomic E-state index is 0.0470. The zero-order chi connectivity index (χ0) is 19.5. The van der Waals surface area contributed by atoms with Crippen molar-refractivity contribution in [1.82, 2.24) is 29.7 Å². The van der Waals surface area contributed by atoms with E-state index in [9.17, 15) is 4.79 Å². The summed E-state index contributed by atoms with van der Waals surface area (Å²) in [4.78, 5) is 25.7. The molecule has 1 atom stereocenters. The summed E-state index contributed by atoms with van der Waals surface area (Å²) in [6, 6.07) is 3.67. The number of pyridine rings is 1. The molecule has 142 valence electrons. The highest BCUT2D eigenvalue weighted by molar-refractivity contribution is 5.80. The molecule has 8 nitrogen and oxygen atoms in total. The number of hydrogen-bond acceptors (Lipinski definition) is 6. The van der Waals surface area contributed by atoms with Crippen LogP contribution in [0.15, 0.2) is 54.2 Å². The minimum Gasteiger partial charge on any atom is -0.273 e. The summed E-state index contributed by atoms with van der Waals surface area (Å²) in [6.45, 7) is 6.55. The maximum absolute atomic E-state index is 12.7. The van der Waals surface area contributed by atoms with Crippen LogP contribution in [-0.2, 0) is 11.3 Å². The lowest BCUT2D eigenvalue weighted by atomic mass is 10.1. The lowest BCUT2D eigenvalue weighted by Gasteiger charge is -2.21. The van der Waals surface area contributed by atoms with E-state index in [1.165, 1.54) is 5.01 Å². The fourth-order valence-corrected chi connectivity index (χ4v) is 3.20. The molecule has 8 heteroatoms. The van der Waals surface area contributed by atoms with Gasteiger partial charge in [-0.2, -0.15) is 10.2 Å². The van der Waals surface area contributed by atoms with Crippen LogP contribution < -0.4 is 0 Å². The number of allylic oxidation sites excluding steroid dienone is 1. The van der Waals surface area contributed by atoms with E-state index in [4.69, 9.17) is 0 Å². The van der Waals surface area contributed by atoms with Gasteiger partial charge in [0.15, 0.2) is 0 Å². The zero-order valence-corrected chi connectivity index (χ0v) is 15.7. The first kappa shape index (κ1) is 18.0. The lowest BCUT2D eigenvalue weighted by Crippen LogP contribution is -2.27. The van der Waals surface area contributed by atoms with Gasteiger partial charge in [-0.15, -0.1) is 0 Å². The molecule has 0 bridgehead atoms. The Bertz CT molecular complexity index is 1040. The molecule has 0 saturated carbocycles. The van der Waals surface area contributed by atoms with Crippen LogP contribution in [0.3, 0.4) is 0 Å². The quantitative estimate of drug-likeness (QED) is 0.618. The van der Waals surface area contributed by atoms with Gasteiger partial charge in [0.25, 0.3) is 0 Å². The van der Waals surface area contributed by atoms with E-state index >= 15 is 0 Å². The van der Waals surface area contributed by atoms with E-state index in [2.05, 4.69) is 31.7 Å². The van der Waals surface area contributed by atoms with Crippen LogP contribution >= 0.6 is 0 Å². The number of fused-ring (bicyclic) bond motifs is 1. The standard InChI is InChI=1S/C20H21N7O/c1-14(13-26-18-4-3-8-21-17(18)12-25-26)5-6-20(28)27-19(7-9-24-27)16-11-22-15(2)10-23-16/h3-4,8-12,19H,1,5-7,13H2,2H3. The third-order valence-corrected chi connectivity index (χ3v) is 4.71. The highest BCUT2D eigenvalue weighted by Gasteiger charge is 2.29. The molecule has 4 heterocycles. The molecule has 0 N–H and O–H groups in total. The van der Waals surface area contributed by atoms with E-state index in [1.807, 2.05) is 23.7 Å². The van der Waals surface area contributed by atoms with Crippen molar-refractivity contribution < 1.29 is 4.79 Å². The first-order chi connectivity index (χ1) is 13.6. The van der Waals surface area contributed by atoms with Gasteiger partial charge in [-0.25, -0.2) is 5.01 Å². The summed E-state index contributed by atoms with van der Waals surface area (Å²) in [7, 11) is 0. The van der Waals surface area contributed by atoms with Crippen molar-refractivity contribution in [2.75, 3.05) is 0 Å². The van der Waals surface area contributed by atoms with Gasteiger partial charge in [-0.3, -0.25) is 24.4 Å². The molecule has 0 spiro atoms. The Hall–Kier alpha value is -3.42. The average Bonchev–Trinajstić information content (AvgIpc) is 3.35. The molecule has 0 saturated heterocycles. The molecule has 1 aliphatic heterocycles. The molecular weight excluding hydrogens is 354 g/mol. The van der Waals surface area contributed by atoms with Crippen molar-refractivity contribution in [2.24, 2.45) is 5.10 Å². The molecule has 1 aliphatic rings. The monoisotopic (exact) mass is 375 g/mol. The zero-order valence-electron chi connectivity index (χ0n) is 15.7. The number of rotatable bonds is 6. The van der Waals surface area contributed by atoms with Gasteiger partial charge in [0.1, 0.15) is 11.6 Å². The second-order valence-corrected chi connectivity index (χ2v) is 6.83. The highest BCUT2D eigenvalue weighted by Crippen LogP contribution is 2.27. The SMILES string of the molecule is C=C(CCC(=O)N1N=CCC1c1cnc(C)cn1)Cn1ncc2ncccc21. The van der Waals surface area contributed by atoms with E-state index < -0.39 is 0 Å². The summed E-state index contributed by atoms with van der Waals surface area (Å²) in [5, 5.41) is 10.1. The maximum atomic E-state index is 12.7. The van der Waals surface area contributed by atoms with E-state index in [-0.39, 0.29) is 11.9 Å². The van der Waals surface area contributed by atoms with Crippen LogP contribution in [0, 0.1) is 6.92 Å². The smallest absolute Gasteiger partial charge is 0.243 e. The number of nitrogens with zero attached hydrogens (tertiary/aromatic N) is 7. The molecule has 28 heavy (non-hydrogen) atoms. The summed E-state index contributed by atoms with van der Waals surface area (Å²) in [6.07, 6.45) is 10.2. The highest BCUT2D eigenvalue weighted by atomic mass is 16.2. The van der Waals surface area contributed by atoms with Crippen LogP contribution in [0.1, 0.15) is 36.7 Å². The van der Waals surface area contributed by atoms with E-state index in [1.54, 1.807) is 31.0 Å². The average molecular weight is 375 g/mol. The second-order valence-electron chi connectivity index (χ2n) is 6.83. The Balaban J connectivity index is 1.36. The van der Waals surface area contributed by atoms with Gasteiger partial charge in [-0.05, 0) is 25.5 Å². The Labute approximate surface area is 162 Å². The summed E-state index contributed by atoms with van der Waals surface area (Å²) in [5.41, 5.74) is 4.33. The van der Waals surface area contributed by atoms with Crippen molar-refractivity contribution in [3.63, 3.8) is 0 Å². The number of hydrogen-bond donors (Lipinski definition) is 0. The fraction of sp³-hybridized carbons (Fsp3) is 0.300. The first-order valence-electron chi connectivity index (χ1n) is 9.18. The Morgan fingerprint density at radius 2 is 2.11 bits per heavy atom. The molecule has 1 unspecified atom stereocenters. The van der Waals surface area contributed by atoms with Crippen molar-refractivity contribution in [3.05, 3.63) is 60.5 Å². The number of aryl methyl sites for hydroxylation is 1. The number of hydrazone groups is 1. The summed E-state index contributed by atoms with van der Waals surface area (Å²) >= 11 is 0. The second kappa shape index (κ2) is 7.67. The first-order valence-corrected chi connectivity index (χ1v) is 9.18. The van der Waals surface area contributed by atoms with Gasteiger partial charge < -0.3 is 0 Å². The predicted octanol–water partition coefficient (Wildman–Crippen LogP) is 2.83. The number of aromatic nitrogens is 5. The van der Waals surface area contributed by atoms with Crippen molar-refractivity contribution in [1.29, 1.82) is 0 Å². The molecule has 0 aliphatic carbocycles. The molecule has 1 amide bonds. The maximum Gasteiger partial charge on any atom is 0.243 e. The molecule has 0 aromatic carbocycles. The van der Waals surface area contributed by atoms with Gasteiger partial charge in [0.2, 0.25) is 5.91 Å². The molecule has 3 aromatic heterocycles. The predicted molar refractivity (Wildman–Crippen MR) is 105 cm³/mol. The third-order valence-electron chi connectivity index (χ3n) is 4.71. The largest absolute Gasteiger partial charge is 0.273 e. The molecule has 4 rings (SSSR count). The van der Waals surface area contributed by atoms with Crippen LogP contribution in [0.5, 0.6) is 0 Å². The normalized spacial score (nSPS) is 16.0. The summed E-state index contributed by atoms with van der Waals surface area (Å²) < 4.78 is 1.86. The number of carbonyl (C=O) groups excluding carboxylic acids is 1. The van der Waals surface area contributed by atoms with Gasteiger partial charge in [0.05, 0.1) is 35.8 Å². The van der Waals surface area contributed by atoms with Crippen molar-refractivity contribution >= 4 is 23.2 Å². The lowest BCUT2D eigenvalue weighted by molar-refractivity contribution is -0.133. The third kappa shape index (κ3) is 3.66. The summed E-state index contributed by atoms with van der Waals surface area (Å²) in [5.74, 6) is -0.0470. The van der Waals surface area contributed by atoms with Crippen LogP contribution in [-0.4, -0.2) is 41.9 Å². The molecule has 0 radical (unpaired) electrons. The fourth-order valence-electron chi connectivity index (χ4n) is 3.20. The Kier molecular flexibility index (Phi) is 4.92. The topological polar surface area (TPSA) is 89.2 Å². The van der Waals surface area contributed by atoms with Crippen LogP contribution in [0.4, 0.5) is 0 Å². The van der Waals surface area contributed by atoms with E-state index in [0.717, 1.165) is 28.0 Å². The van der Waals surface area contributed by atoms with Crippen molar-refractivity contribution in [3.8, 4) is 0 Å². The van der Waals surface area contributed by atoms with Gasteiger partial charge >= 0.3 is 0 Å². The Morgan fingerprint density at radius 3 is 2.93 bits per heavy atom.